The van der Waals surface area contributed by atoms with E-state index < -0.39 is 5.60 Å². The lowest BCUT2D eigenvalue weighted by molar-refractivity contribution is 0.0527. The Bertz CT molecular complexity index is 296. The van der Waals surface area contributed by atoms with E-state index in [1.807, 2.05) is 20.8 Å². The summed E-state index contributed by atoms with van der Waals surface area (Å²) >= 11 is 0. The van der Waals surface area contributed by atoms with Gasteiger partial charge in [0, 0.05) is 13.1 Å². The van der Waals surface area contributed by atoms with Gasteiger partial charge in [-0.3, -0.25) is 0 Å². The lowest BCUT2D eigenvalue weighted by Gasteiger charge is -2.21. The Labute approximate surface area is 129 Å². The lowest BCUT2D eigenvalue weighted by Crippen LogP contribution is -2.35. The number of rotatable bonds is 8. The number of likely N-dealkylation sites (tertiary alicyclic amines) is 1. The molecular weight excluding hydrogens is 266 g/mol. The van der Waals surface area contributed by atoms with Crippen molar-refractivity contribution in [2.75, 3.05) is 39.3 Å². The van der Waals surface area contributed by atoms with E-state index in [2.05, 4.69) is 22.5 Å². The number of nitrogens with zero attached hydrogens (tertiary/aromatic N) is 1. The van der Waals surface area contributed by atoms with Crippen molar-refractivity contribution in [1.29, 1.82) is 0 Å². The molecule has 0 aromatic carbocycles. The van der Waals surface area contributed by atoms with Crippen LogP contribution in [0, 0.1) is 5.92 Å². The molecule has 124 valence electrons. The van der Waals surface area contributed by atoms with Crippen molar-refractivity contribution < 1.29 is 9.53 Å². The van der Waals surface area contributed by atoms with Crippen LogP contribution >= 0.6 is 0 Å². The fourth-order valence-electron chi connectivity index (χ4n) is 2.54. The fraction of sp³-hybridized carbons (Fsp3) is 0.938. The summed E-state index contributed by atoms with van der Waals surface area (Å²) < 4.78 is 5.18. The molecule has 1 fully saturated rings. The zero-order valence-corrected chi connectivity index (χ0v) is 14.2. The van der Waals surface area contributed by atoms with Crippen LogP contribution in [0.4, 0.5) is 4.79 Å². The van der Waals surface area contributed by atoms with E-state index in [-0.39, 0.29) is 6.09 Å². The summed E-state index contributed by atoms with van der Waals surface area (Å²) in [6.45, 7) is 14.3. The Hall–Kier alpha value is -0.810. The minimum absolute atomic E-state index is 0.329. The number of nitrogens with one attached hydrogen (secondary N) is 2. The Kier molecular flexibility index (Phi) is 8.04. The van der Waals surface area contributed by atoms with Crippen LogP contribution in [-0.2, 0) is 4.74 Å². The summed E-state index contributed by atoms with van der Waals surface area (Å²) in [6, 6.07) is 0. The minimum Gasteiger partial charge on any atom is -0.444 e. The second-order valence-electron chi connectivity index (χ2n) is 7.10. The van der Waals surface area contributed by atoms with Gasteiger partial charge < -0.3 is 20.3 Å². The van der Waals surface area contributed by atoms with Crippen LogP contribution < -0.4 is 10.6 Å². The number of hydrogen-bond donors (Lipinski definition) is 2. The molecule has 0 spiro atoms. The zero-order chi connectivity index (χ0) is 15.7. The molecular formula is C16H33N3O2. The number of carbonyl (C=O) groups is 1. The number of carbonyl (C=O) groups excluding carboxylic acids is 1. The molecule has 1 unspecified atom stereocenters. The highest BCUT2D eigenvalue weighted by Crippen LogP contribution is 2.09. The molecule has 21 heavy (non-hydrogen) atoms. The van der Waals surface area contributed by atoms with Crippen molar-refractivity contribution in [2.45, 2.75) is 52.6 Å². The standard InChI is InChI=1S/C16H33N3O2/c1-14(13-19-10-5-6-11-19)12-17-8-7-9-18-15(20)21-16(2,3)4/h14,17H,5-13H2,1-4H3,(H,18,20). The smallest absolute Gasteiger partial charge is 0.407 e. The zero-order valence-electron chi connectivity index (χ0n) is 14.2. The Balaban J connectivity index is 1.93. The van der Waals surface area contributed by atoms with Gasteiger partial charge in [0.2, 0.25) is 0 Å². The average molecular weight is 299 g/mol. The number of hydrogen-bond acceptors (Lipinski definition) is 4. The quantitative estimate of drug-likeness (QED) is 0.675. The van der Waals surface area contributed by atoms with Gasteiger partial charge in [-0.15, -0.1) is 0 Å². The van der Waals surface area contributed by atoms with E-state index in [1.54, 1.807) is 0 Å². The minimum atomic E-state index is -0.423. The molecule has 1 rings (SSSR count). The van der Waals surface area contributed by atoms with Gasteiger partial charge in [-0.25, -0.2) is 4.79 Å². The van der Waals surface area contributed by atoms with Crippen molar-refractivity contribution >= 4 is 6.09 Å². The Morgan fingerprint density at radius 1 is 1.24 bits per heavy atom. The van der Waals surface area contributed by atoms with Gasteiger partial charge in [0.25, 0.3) is 0 Å². The average Bonchev–Trinajstić information content (AvgIpc) is 2.84. The van der Waals surface area contributed by atoms with Crippen LogP contribution in [0.1, 0.15) is 47.0 Å². The molecule has 5 heteroatoms. The molecule has 1 atom stereocenters. The molecule has 0 aromatic heterocycles. The Morgan fingerprint density at radius 2 is 1.90 bits per heavy atom. The molecule has 1 amide bonds. The van der Waals surface area contributed by atoms with E-state index in [9.17, 15) is 4.79 Å². The van der Waals surface area contributed by atoms with E-state index >= 15 is 0 Å². The van der Waals surface area contributed by atoms with Crippen LogP contribution in [0.2, 0.25) is 0 Å². The van der Waals surface area contributed by atoms with Crippen molar-refractivity contribution in [2.24, 2.45) is 5.92 Å². The molecule has 1 aliphatic rings. The molecule has 2 N–H and O–H groups in total. The molecule has 0 aromatic rings. The molecule has 1 aliphatic heterocycles. The topological polar surface area (TPSA) is 53.6 Å². The third-order valence-corrected chi connectivity index (χ3v) is 3.46. The van der Waals surface area contributed by atoms with Crippen molar-refractivity contribution in [3.63, 3.8) is 0 Å². The molecule has 5 nitrogen and oxygen atoms in total. The van der Waals surface area contributed by atoms with Gasteiger partial charge in [-0.1, -0.05) is 6.92 Å². The number of ether oxygens (including phenoxy) is 1. The molecule has 0 radical (unpaired) electrons. The second-order valence-corrected chi connectivity index (χ2v) is 7.10. The van der Waals surface area contributed by atoms with E-state index in [1.165, 1.54) is 32.5 Å². The summed E-state index contributed by atoms with van der Waals surface area (Å²) in [5, 5.41) is 6.24. The van der Waals surface area contributed by atoms with Crippen molar-refractivity contribution in [3.05, 3.63) is 0 Å². The Morgan fingerprint density at radius 3 is 2.52 bits per heavy atom. The predicted octanol–water partition coefficient (Wildman–Crippen LogP) is 2.22. The van der Waals surface area contributed by atoms with Crippen LogP contribution in [0.5, 0.6) is 0 Å². The number of alkyl carbamates (subject to hydrolysis) is 1. The van der Waals surface area contributed by atoms with Crippen LogP contribution in [0.3, 0.4) is 0 Å². The highest BCUT2D eigenvalue weighted by molar-refractivity contribution is 5.67. The van der Waals surface area contributed by atoms with E-state index in [0.717, 1.165) is 19.5 Å². The van der Waals surface area contributed by atoms with Gasteiger partial charge in [0.15, 0.2) is 0 Å². The highest BCUT2D eigenvalue weighted by atomic mass is 16.6. The summed E-state index contributed by atoms with van der Waals surface area (Å²) in [5.74, 6) is 0.682. The summed E-state index contributed by atoms with van der Waals surface area (Å²) in [5.41, 5.74) is -0.423. The van der Waals surface area contributed by atoms with Gasteiger partial charge in [-0.05, 0) is 72.1 Å². The van der Waals surface area contributed by atoms with E-state index in [4.69, 9.17) is 4.74 Å². The van der Waals surface area contributed by atoms with Crippen molar-refractivity contribution in [1.82, 2.24) is 15.5 Å². The third kappa shape index (κ3) is 9.69. The van der Waals surface area contributed by atoms with Gasteiger partial charge >= 0.3 is 6.09 Å². The molecule has 1 saturated heterocycles. The molecule has 0 bridgehead atoms. The summed E-state index contributed by atoms with van der Waals surface area (Å²) in [6.07, 6.45) is 3.31. The van der Waals surface area contributed by atoms with Gasteiger partial charge in [0.1, 0.15) is 5.60 Å². The first-order valence-electron chi connectivity index (χ1n) is 8.27. The van der Waals surface area contributed by atoms with Crippen LogP contribution in [0.25, 0.3) is 0 Å². The highest BCUT2D eigenvalue weighted by Gasteiger charge is 2.15. The van der Waals surface area contributed by atoms with Gasteiger partial charge in [0.05, 0.1) is 0 Å². The third-order valence-electron chi connectivity index (χ3n) is 3.46. The molecule has 1 heterocycles. The maximum absolute atomic E-state index is 11.4. The first-order chi connectivity index (χ1) is 9.87. The maximum atomic E-state index is 11.4. The summed E-state index contributed by atoms with van der Waals surface area (Å²) in [4.78, 5) is 14.0. The second kappa shape index (κ2) is 9.26. The monoisotopic (exact) mass is 299 g/mol. The first kappa shape index (κ1) is 18.2. The van der Waals surface area contributed by atoms with Crippen LogP contribution in [-0.4, -0.2) is 55.9 Å². The maximum Gasteiger partial charge on any atom is 0.407 e. The largest absolute Gasteiger partial charge is 0.444 e. The predicted molar refractivity (Wildman–Crippen MR) is 86.6 cm³/mol. The van der Waals surface area contributed by atoms with E-state index in [0.29, 0.717) is 12.5 Å². The lowest BCUT2D eigenvalue weighted by atomic mass is 10.1. The van der Waals surface area contributed by atoms with Gasteiger partial charge in [-0.2, -0.15) is 0 Å². The van der Waals surface area contributed by atoms with Crippen molar-refractivity contribution in [3.8, 4) is 0 Å². The fourth-order valence-corrected chi connectivity index (χ4v) is 2.54. The normalized spacial score (nSPS) is 17.7. The van der Waals surface area contributed by atoms with Crippen LogP contribution in [0.15, 0.2) is 0 Å². The summed E-state index contributed by atoms with van der Waals surface area (Å²) in [7, 11) is 0. The number of amides is 1. The first-order valence-corrected chi connectivity index (χ1v) is 8.27. The molecule has 0 saturated carbocycles. The molecule has 0 aliphatic carbocycles. The SMILES string of the molecule is CC(CNCCCNC(=O)OC(C)(C)C)CN1CCCC1.